The molecule has 1 aromatic carbocycles. The van der Waals surface area contributed by atoms with Crippen LogP contribution in [0.15, 0.2) is 12.1 Å². The largest absolute Gasteiger partial charge is 0.493 e. The Labute approximate surface area is 153 Å². The highest BCUT2D eigenvalue weighted by molar-refractivity contribution is 5.93. The number of amides is 1. The summed E-state index contributed by atoms with van der Waals surface area (Å²) in [6.45, 7) is 1.72. The number of carbonyl (C=O) groups excluding carboxylic acids is 1. The Kier molecular flexibility index (Phi) is 5.97. The van der Waals surface area contributed by atoms with Gasteiger partial charge in [-0.1, -0.05) is 0 Å². The fourth-order valence-electron chi connectivity index (χ4n) is 2.62. The summed E-state index contributed by atoms with van der Waals surface area (Å²) >= 11 is 0. The van der Waals surface area contributed by atoms with Crippen LogP contribution < -0.4 is 14.8 Å². The van der Waals surface area contributed by atoms with E-state index in [1.54, 1.807) is 0 Å². The first-order valence-corrected chi connectivity index (χ1v) is 7.86. The number of hydrogen-bond donors (Lipinski definition) is 1. The lowest BCUT2D eigenvalue weighted by Crippen LogP contribution is -2.20. The van der Waals surface area contributed by atoms with Crippen molar-refractivity contribution in [2.24, 2.45) is 0 Å². The quantitative estimate of drug-likeness (QED) is 0.769. The summed E-state index contributed by atoms with van der Waals surface area (Å²) in [5.74, 6) is -0.950. The molecule has 0 aliphatic rings. The number of methoxy groups -OCH3 is 2. The Balaban J connectivity index is 2.19. The molecular formula is C17H19F4N3O3. The van der Waals surface area contributed by atoms with Crippen LogP contribution >= 0.6 is 0 Å². The third-order valence-corrected chi connectivity index (χ3v) is 3.95. The molecule has 0 atom stereocenters. The monoisotopic (exact) mass is 389 g/mol. The lowest BCUT2D eigenvalue weighted by atomic mass is 10.1. The fraction of sp³-hybridized carbons (Fsp3) is 0.412. The molecule has 10 heteroatoms. The van der Waals surface area contributed by atoms with Crippen LogP contribution in [0, 0.1) is 19.7 Å². The van der Waals surface area contributed by atoms with Gasteiger partial charge in [0.1, 0.15) is 6.54 Å². The number of aromatic nitrogens is 2. The molecule has 0 saturated heterocycles. The maximum Gasteiger partial charge on any atom is 0.408 e. The van der Waals surface area contributed by atoms with Crippen molar-refractivity contribution in [3.05, 3.63) is 34.9 Å². The molecule has 0 fully saturated rings. The second-order valence-electron chi connectivity index (χ2n) is 5.83. The minimum atomic E-state index is -4.43. The van der Waals surface area contributed by atoms with E-state index in [9.17, 15) is 22.4 Å². The van der Waals surface area contributed by atoms with Gasteiger partial charge in [-0.15, -0.1) is 0 Å². The van der Waals surface area contributed by atoms with E-state index in [-0.39, 0.29) is 29.3 Å². The summed E-state index contributed by atoms with van der Waals surface area (Å²) in [5, 5.41) is 6.22. The molecule has 2 rings (SSSR count). The van der Waals surface area contributed by atoms with Crippen molar-refractivity contribution in [1.82, 2.24) is 9.78 Å². The SMILES string of the molecule is COc1cc(F)c(NC(=O)Cc2c(C)nn(CC(F)(F)F)c2C)cc1OC. The van der Waals surface area contributed by atoms with Crippen LogP contribution in [0.5, 0.6) is 11.5 Å². The van der Waals surface area contributed by atoms with Gasteiger partial charge in [0, 0.05) is 23.4 Å². The maximum absolute atomic E-state index is 14.1. The van der Waals surface area contributed by atoms with Crippen LogP contribution in [0.25, 0.3) is 0 Å². The number of ether oxygens (including phenoxy) is 2. The van der Waals surface area contributed by atoms with Crippen LogP contribution in [-0.4, -0.2) is 36.1 Å². The first-order chi connectivity index (χ1) is 12.6. The zero-order chi connectivity index (χ0) is 20.4. The number of hydrogen-bond acceptors (Lipinski definition) is 4. The molecule has 0 aliphatic carbocycles. The second-order valence-corrected chi connectivity index (χ2v) is 5.83. The molecule has 1 amide bonds. The van der Waals surface area contributed by atoms with Crippen molar-refractivity contribution in [3.8, 4) is 11.5 Å². The molecule has 0 spiro atoms. The van der Waals surface area contributed by atoms with Crippen molar-refractivity contribution in [2.45, 2.75) is 33.0 Å². The van der Waals surface area contributed by atoms with Gasteiger partial charge in [0.15, 0.2) is 17.3 Å². The van der Waals surface area contributed by atoms with Crippen molar-refractivity contribution < 1.29 is 31.8 Å². The van der Waals surface area contributed by atoms with E-state index in [2.05, 4.69) is 10.4 Å². The van der Waals surface area contributed by atoms with Crippen LogP contribution in [0.1, 0.15) is 17.0 Å². The van der Waals surface area contributed by atoms with E-state index in [0.29, 0.717) is 11.3 Å². The van der Waals surface area contributed by atoms with Gasteiger partial charge in [-0.05, 0) is 13.8 Å². The minimum Gasteiger partial charge on any atom is -0.493 e. The number of benzene rings is 1. The van der Waals surface area contributed by atoms with Gasteiger partial charge in [-0.2, -0.15) is 18.3 Å². The molecule has 0 aliphatic heterocycles. The number of halogens is 4. The third kappa shape index (κ3) is 4.89. The van der Waals surface area contributed by atoms with Crippen molar-refractivity contribution in [3.63, 3.8) is 0 Å². The number of carbonyl (C=O) groups is 1. The number of alkyl halides is 3. The van der Waals surface area contributed by atoms with E-state index in [0.717, 1.165) is 10.7 Å². The molecule has 2 aromatic rings. The van der Waals surface area contributed by atoms with Crippen LogP contribution in [0.2, 0.25) is 0 Å². The Hall–Kier alpha value is -2.78. The highest BCUT2D eigenvalue weighted by atomic mass is 19.4. The number of anilines is 1. The molecule has 6 nitrogen and oxygen atoms in total. The lowest BCUT2D eigenvalue weighted by molar-refractivity contribution is -0.142. The van der Waals surface area contributed by atoms with Gasteiger partial charge >= 0.3 is 6.18 Å². The number of aryl methyl sites for hydroxylation is 1. The van der Waals surface area contributed by atoms with Crippen LogP contribution in [0.3, 0.4) is 0 Å². The van der Waals surface area contributed by atoms with Crippen LogP contribution in [-0.2, 0) is 17.8 Å². The van der Waals surface area contributed by atoms with Crippen molar-refractivity contribution in [1.29, 1.82) is 0 Å². The molecule has 27 heavy (non-hydrogen) atoms. The first kappa shape index (κ1) is 20.5. The summed E-state index contributed by atoms with van der Waals surface area (Å²) in [4.78, 5) is 12.3. The van der Waals surface area contributed by atoms with E-state index < -0.39 is 24.4 Å². The zero-order valence-corrected chi connectivity index (χ0v) is 15.2. The topological polar surface area (TPSA) is 65.4 Å². The van der Waals surface area contributed by atoms with E-state index in [1.807, 2.05) is 0 Å². The predicted octanol–water partition coefficient (Wildman–Crippen LogP) is 3.40. The average molecular weight is 389 g/mol. The van der Waals surface area contributed by atoms with Gasteiger partial charge in [0.05, 0.1) is 32.0 Å². The second kappa shape index (κ2) is 7.85. The van der Waals surface area contributed by atoms with Gasteiger partial charge in [0.25, 0.3) is 0 Å². The summed E-state index contributed by atoms with van der Waals surface area (Å²) < 4.78 is 62.7. The molecule has 0 unspecified atom stereocenters. The van der Waals surface area contributed by atoms with E-state index in [1.165, 1.54) is 34.1 Å². The standard InChI is InChI=1S/C17H19F4N3O3/c1-9-11(10(2)24(23-9)8-17(19,20)21)5-16(25)22-13-7-15(27-4)14(26-3)6-12(13)18/h6-7H,5,8H2,1-4H3,(H,22,25). The first-order valence-electron chi connectivity index (χ1n) is 7.86. The highest BCUT2D eigenvalue weighted by Crippen LogP contribution is 2.32. The van der Waals surface area contributed by atoms with Gasteiger partial charge in [-0.25, -0.2) is 4.39 Å². The smallest absolute Gasteiger partial charge is 0.408 e. The molecule has 1 N–H and O–H groups in total. The summed E-state index contributed by atoms with van der Waals surface area (Å²) in [6, 6.07) is 2.32. The Morgan fingerprint density at radius 2 is 1.78 bits per heavy atom. The molecular weight excluding hydrogens is 370 g/mol. The normalized spacial score (nSPS) is 11.4. The van der Waals surface area contributed by atoms with Gasteiger partial charge in [-0.3, -0.25) is 9.48 Å². The van der Waals surface area contributed by atoms with Crippen molar-refractivity contribution >= 4 is 11.6 Å². The summed E-state index contributed by atoms with van der Waals surface area (Å²) in [6.07, 6.45) is -4.67. The molecule has 0 radical (unpaired) electrons. The number of nitrogens with zero attached hydrogens (tertiary/aromatic N) is 2. The van der Waals surface area contributed by atoms with Gasteiger partial charge < -0.3 is 14.8 Å². The fourth-order valence-corrected chi connectivity index (χ4v) is 2.62. The maximum atomic E-state index is 14.1. The van der Waals surface area contributed by atoms with Crippen LogP contribution in [0.4, 0.5) is 23.2 Å². The molecule has 0 bridgehead atoms. The van der Waals surface area contributed by atoms with E-state index >= 15 is 0 Å². The minimum absolute atomic E-state index is 0.129. The molecule has 0 saturated carbocycles. The third-order valence-electron chi connectivity index (χ3n) is 3.95. The number of rotatable bonds is 6. The van der Waals surface area contributed by atoms with Gasteiger partial charge in [0.2, 0.25) is 5.91 Å². The lowest BCUT2D eigenvalue weighted by Gasteiger charge is -2.12. The highest BCUT2D eigenvalue weighted by Gasteiger charge is 2.30. The predicted molar refractivity (Wildman–Crippen MR) is 89.6 cm³/mol. The zero-order valence-electron chi connectivity index (χ0n) is 15.2. The van der Waals surface area contributed by atoms with E-state index in [4.69, 9.17) is 9.47 Å². The summed E-state index contributed by atoms with van der Waals surface area (Å²) in [7, 11) is 2.71. The van der Waals surface area contributed by atoms with Crippen molar-refractivity contribution in [2.75, 3.05) is 19.5 Å². The molecule has 1 heterocycles. The molecule has 148 valence electrons. The number of nitrogens with one attached hydrogen (secondary N) is 1. The Morgan fingerprint density at radius 1 is 1.19 bits per heavy atom. The average Bonchev–Trinajstić information content (AvgIpc) is 2.82. The Bertz CT molecular complexity index is 847. The molecule has 1 aromatic heterocycles. The Morgan fingerprint density at radius 3 is 2.33 bits per heavy atom. The summed E-state index contributed by atoms with van der Waals surface area (Å²) in [5.41, 5.74) is 0.765.